The quantitative estimate of drug-likeness (QED) is 0.926. The first-order chi connectivity index (χ1) is 11.1. The van der Waals surface area contributed by atoms with Crippen LogP contribution in [0.1, 0.15) is 31.4 Å². The summed E-state index contributed by atoms with van der Waals surface area (Å²) < 4.78 is 0. The molecule has 3 rings (SSSR count). The number of benzene rings is 1. The van der Waals surface area contributed by atoms with Gasteiger partial charge in [0.15, 0.2) is 5.96 Å². The summed E-state index contributed by atoms with van der Waals surface area (Å²) in [6.07, 6.45) is 1.37. The van der Waals surface area contributed by atoms with Gasteiger partial charge in [-0.3, -0.25) is 9.89 Å². The van der Waals surface area contributed by atoms with Gasteiger partial charge in [-0.25, -0.2) is 0 Å². The number of piperidine rings is 1. The predicted octanol–water partition coefficient (Wildman–Crippen LogP) is 2.56. The molecule has 0 radical (unpaired) electrons. The lowest BCUT2D eigenvalue weighted by atomic mass is 9.91. The third-order valence-corrected chi connectivity index (χ3v) is 4.88. The number of aliphatic imine (C=N–C) groups is 1. The third-order valence-electron chi connectivity index (χ3n) is 4.88. The number of nitrogens with one attached hydrogen (secondary N) is 1. The van der Waals surface area contributed by atoms with Gasteiger partial charge in [-0.1, -0.05) is 38.1 Å². The van der Waals surface area contributed by atoms with E-state index in [4.69, 9.17) is 0 Å². The topological polar surface area (TPSA) is 30.9 Å². The van der Waals surface area contributed by atoms with E-state index in [-0.39, 0.29) is 0 Å². The van der Waals surface area contributed by atoms with E-state index in [2.05, 4.69) is 65.3 Å². The molecule has 126 valence electrons. The molecule has 2 aliphatic heterocycles. The minimum Gasteiger partial charge on any atom is -0.352 e. The van der Waals surface area contributed by atoms with Gasteiger partial charge < -0.3 is 10.2 Å². The molecule has 0 bridgehead atoms. The maximum absolute atomic E-state index is 4.47. The molecule has 2 unspecified atom stereocenters. The Bertz CT molecular complexity index is 527. The van der Waals surface area contributed by atoms with Crippen LogP contribution in [-0.4, -0.2) is 49.0 Å². The molecule has 0 amide bonds. The zero-order valence-electron chi connectivity index (χ0n) is 14.8. The molecule has 0 saturated carbocycles. The zero-order valence-corrected chi connectivity index (χ0v) is 14.8. The molecule has 1 N–H and O–H groups in total. The molecule has 2 aliphatic rings. The molecule has 23 heavy (non-hydrogen) atoms. The van der Waals surface area contributed by atoms with Gasteiger partial charge >= 0.3 is 0 Å². The first-order valence-corrected chi connectivity index (χ1v) is 8.90. The highest BCUT2D eigenvalue weighted by Crippen LogP contribution is 2.22. The van der Waals surface area contributed by atoms with Crippen molar-refractivity contribution in [3.8, 4) is 0 Å². The predicted molar refractivity (Wildman–Crippen MR) is 96.4 cm³/mol. The number of guanidine groups is 1. The first kappa shape index (κ1) is 16.3. The second-order valence-electron chi connectivity index (χ2n) is 7.44. The van der Waals surface area contributed by atoms with E-state index in [0.717, 1.165) is 44.0 Å². The summed E-state index contributed by atoms with van der Waals surface area (Å²) in [5.74, 6) is 2.67. The van der Waals surface area contributed by atoms with Crippen molar-refractivity contribution >= 4 is 5.96 Å². The molecule has 1 aromatic carbocycles. The largest absolute Gasteiger partial charge is 0.352 e. The van der Waals surface area contributed by atoms with Crippen molar-refractivity contribution in [2.75, 3.05) is 33.2 Å². The molecule has 0 aliphatic carbocycles. The minimum atomic E-state index is 0.825. The highest BCUT2D eigenvalue weighted by Gasteiger charge is 2.21. The highest BCUT2D eigenvalue weighted by atomic mass is 15.3. The Morgan fingerprint density at radius 1 is 1.09 bits per heavy atom. The second kappa shape index (κ2) is 7.35. The van der Waals surface area contributed by atoms with Crippen LogP contribution in [0.5, 0.6) is 0 Å². The Hall–Kier alpha value is -1.55. The van der Waals surface area contributed by atoms with E-state index in [9.17, 15) is 0 Å². The maximum atomic E-state index is 4.47. The van der Waals surface area contributed by atoms with Crippen molar-refractivity contribution in [1.29, 1.82) is 0 Å². The molecule has 4 heteroatoms. The summed E-state index contributed by atoms with van der Waals surface area (Å²) in [4.78, 5) is 9.24. The zero-order chi connectivity index (χ0) is 16.2. The lowest BCUT2D eigenvalue weighted by Crippen LogP contribution is -2.38. The van der Waals surface area contributed by atoms with Gasteiger partial charge in [-0.05, 0) is 29.4 Å². The van der Waals surface area contributed by atoms with Gasteiger partial charge in [-0.15, -0.1) is 0 Å². The third kappa shape index (κ3) is 4.47. The molecule has 0 spiro atoms. The molecule has 1 fully saturated rings. The molecular weight excluding hydrogens is 284 g/mol. The standard InChI is InChI=1S/C19H30N4/c1-15-10-16(2)13-23(12-15)14-18-6-4-17(5-7-18)11-21-19-20-8-9-22(19)3/h4-7,15-16H,8-14H2,1-3H3,(H,20,21). The summed E-state index contributed by atoms with van der Waals surface area (Å²) in [6, 6.07) is 9.05. The van der Waals surface area contributed by atoms with Crippen LogP contribution in [0.2, 0.25) is 0 Å². The summed E-state index contributed by atoms with van der Waals surface area (Å²) in [7, 11) is 2.09. The normalized spacial score (nSPS) is 25.5. The average molecular weight is 314 g/mol. The number of likely N-dealkylation sites (tertiary alicyclic amines) is 1. The van der Waals surface area contributed by atoms with Gasteiger partial charge in [0.1, 0.15) is 0 Å². The van der Waals surface area contributed by atoms with E-state index in [1.165, 1.54) is 30.6 Å². The van der Waals surface area contributed by atoms with Crippen LogP contribution in [0.25, 0.3) is 0 Å². The van der Waals surface area contributed by atoms with Crippen molar-refractivity contribution < 1.29 is 0 Å². The molecule has 0 aromatic heterocycles. The number of likely N-dealkylation sites (N-methyl/N-ethyl adjacent to an activating group) is 1. The van der Waals surface area contributed by atoms with E-state index in [1.807, 2.05) is 0 Å². The lowest BCUT2D eigenvalue weighted by Gasteiger charge is -2.35. The summed E-state index contributed by atoms with van der Waals surface area (Å²) >= 11 is 0. The highest BCUT2D eigenvalue weighted by molar-refractivity contribution is 5.81. The van der Waals surface area contributed by atoms with E-state index < -0.39 is 0 Å². The SMILES string of the molecule is CC1CC(C)CN(Cc2ccc(CNC3=NCCN3C)cc2)C1. The van der Waals surface area contributed by atoms with Crippen molar-refractivity contribution in [3.63, 3.8) is 0 Å². The lowest BCUT2D eigenvalue weighted by molar-refractivity contribution is 0.134. The summed E-state index contributed by atoms with van der Waals surface area (Å²) in [5.41, 5.74) is 2.74. The number of hydrogen-bond acceptors (Lipinski definition) is 4. The number of rotatable bonds is 4. The molecule has 2 heterocycles. The van der Waals surface area contributed by atoms with Crippen molar-refractivity contribution in [2.45, 2.75) is 33.4 Å². The average Bonchev–Trinajstić information content (AvgIpc) is 2.91. The fourth-order valence-electron chi connectivity index (χ4n) is 3.85. The maximum Gasteiger partial charge on any atom is 0.194 e. The number of hydrogen-bond donors (Lipinski definition) is 1. The Morgan fingerprint density at radius 3 is 2.35 bits per heavy atom. The van der Waals surface area contributed by atoms with Crippen LogP contribution in [0, 0.1) is 11.8 Å². The van der Waals surface area contributed by atoms with Crippen LogP contribution < -0.4 is 5.32 Å². The number of nitrogens with zero attached hydrogens (tertiary/aromatic N) is 3. The van der Waals surface area contributed by atoms with Crippen LogP contribution in [0.4, 0.5) is 0 Å². The smallest absolute Gasteiger partial charge is 0.194 e. The molecule has 1 aromatic rings. The van der Waals surface area contributed by atoms with Crippen molar-refractivity contribution in [1.82, 2.24) is 15.1 Å². The van der Waals surface area contributed by atoms with Gasteiger partial charge in [0.05, 0.1) is 6.54 Å². The van der Waals surface area contributed by atoms with Crippen LogP contribution >= 0.6 is 0 Å². The molecule has 4 nitrogen and oxygen atoms in total. The molecule has 1 saturated heterocycles. The van der Waals surface area contributed by atoms with E-state index in [0.29, 0.717) is 0 Å². The Labute approximate surface area is 140 Å². The Kier molecular flexibility index (Phi) is 5.21. The first-order valence-electron chi connectivity index (χ1n) is 8.90. The minimum absolute atomic E-state index is 0.825. The van der Waals surface area contributed by atoms with Crippen LogP contribution in [0.3, 0.4) is 0 Å². The second-order valence-corrected chi connectivity index (χ2v) is 7.44. The van der Waals surface area contributed by atoms with E-state index in [1.54, 1.807) is 0 Å². The summed E-state index contributed by atoms with van der Waals surface area (Å²) in [6.45, 7) is 11.1. The van der Waals surface area contributed by atoms with Gasteiger partial charge in [0, 0.05) is 39.8 Å². The monoisotopic (exact) mass is 314 g/mol. The van der Waals surface area contributed by atoms with Crippen LogP contribution in [0.15, 0.2) is 29.3 Å². The van der Waals surface area contributed by atoms with Gasteiger partial charge in [0.2, 0.25) is 0 Å². The van der Waals surface area contributed by atoms with Crippen molar-refractivity contribution in [3.05, 3.63) is 35.4 Å². The van der Waals surface area contributed by atoms with Crippen molar-refractivity contribution in [2.24, 2.45) is 16.8 Å². The fourth-order valence-corrected chi connectivity index (χ4v) is 3.85. The van der Waals surface area contributed by atoms with Gasteiger partial charge in [0.25, 0.3) is 0 Å². The Morgan fingerprint density at radius 2 is 1.74 bits per heavy atom. The Balaban J connectivity index is 1.50. The molecule has 2 atom stereocenters. The fraction of sp³-hybridized carbons (Fsp3) is 0.632. The van der Waals surface area contributed by atoms with Gasteiger partial charge in [-0.2, -0.15) is 0 Å². The summed E-state index contributed by atoms with van der Waals surface area (Å²) in [5, 5.41) is 3.43. The van der Waals surface area contributed by atoms with E-state index >= 15 is 0 Å². The molecular formula is C19H30N4. The van der Waals surface area contributed by atoms with Crippen LogP contribution in [-0.2, 0) is 13.1 Å².